The van der Waals surface area contributed by atoms with Crippen molar-refractivity contribution < 1.29 is 14.7 Å². The summed E-state index contributed by atoms with van der Waals surface area (Å²) in [5.41, 5.74) is 1.27. The third kappa shape index (κ3) is 3.76. The van der Waals surface area contributed by atoms with Gasteiger partial charge < -0.3 is 10.4 Å². The summed E-state index contributed by atoms with van der Waals surface area (Å²) in [6.45, 7) is 1.99. The smallest absolute Gasteiger partial charge is 0.305 e. The van der Waals surface area contributed by atoms with Crippen LogP contribution in [-0.2, 0) is 4.79 Å². The molecular formula is C10H12N2O3. The number of nitrogens with zero attached hydrogens (tertiary/aromatic N) is 1. The van der Waals surface area contributed by atoms with E-state index in [4.69, 9.17) is 5.11 Å². The number of hydrogen-bond donors (Lipinski definition) is 2. The summed E-state index contributed by atoms with van der Waals surface area (Å²) in [4.78, 5) is 25.5. The first-order valence-electron chi connectivity index (χ1n) is 4.52. The minimum atomic E-state index is -0.938. The Balaban J connectivity index is 2.47. The van der Waals surface area contributed by atoms with Gasteiger partial charge in [0.1, 0.15) is 5.69 Å². The van der Waals surface area contributed by atoms with Crippen molar-refractivity contribution in [2.75, 3.05) is 6.54 Å². The summed E-state index contributed by atoms with van der Waals surface area (Å²) in [5.74, 6) is -1.29. The molecule has 0 aromatic carbocycles. The van der Waals surface area contributed by atoms with Crippen LogP contribution in [0.2, 0.25) is 0 Å². The quantitative estimate of drug-likeness (QED) is 0.759. The lowest BCUT2D eigenvalue weighted by Crippen LogP contribution is -2.26. The van der Waals surface area contributed by atoms with E-state index >= 15 is 0 Å². The lowest BCUT2D eigenvalue weighted by Gasteiger charge is -2.02. The highest BCUT2D eigenvalue weighted by Crippen LogP contribution is 1.97. The second-order valence-corrected chi connectivity index (χ2v) is 3.12. The van der Waals surface area contributed by atoms with Gasteiger partial charge in [0.25, 0.3) is 5.91 Å². The summed E-state index contributed by atoms with van der Waals surface area (Å²) in [7, 11) is 0. The molecule has 1 heterocycles. The van der Waals surface area contributed by atoms with Crippen LogP contribution in [0.3, 0.4) is 0 Å². The number of pyridine rings is 1. The van der Waals surface area contributed by atoms with Crippen molar-refractivity contribution >= 4 is 11.9 Å². The first-order chi connectivity index (χ1) is 7.09. The summed E-state index contributed by atoms with van der Waals surface area (Å²) in [6.07, 6.45) is 1.50. The van der Waals surface area contributed by atoms with Crippen molar-refractivity contribution in [1.29, 1.82) is 0 Å². The SMILES string of the molecule is Cc1ccc(C(=O)NCCC(=O)O)nc1. The van der Waals surface area contributed by atoms with Gasteiger partial charge in [-0.3, -0.25) is 14.6 Å². The molecule has 0 atom stereocenters. The van der Waals surface area contributed by atoms with Crippen LogP contribution in [-0.4, -0.2) is 28.5 Å². The average molecular weight is 208 g/mol. The zero-order valence-electron chi connectivity index (χ0n) is 8.36. The van der Waals surface area contributed by atoms with E-state index in [2.05, 4.69) is 10.3 Å². The van der Waals surface area contributed by atoms with E-state index in [1.54, 1.807) is 18.3 Å². The monoisotopic (exact) mass is 208 g/mol. The molecule has 5 nitrogen and oxygen atoms in total. The van der Waals surface area contributed by atoms with E-state index in [1.807, 2.05) is 6.92 Å². The number of aliphatic carboxylic acids is 1. The number of carbonyl (C=O) groups is 2. The second-order valence-electron chi connectivity index (χ2n) is 3.12. The van der Waals surface area contributed by atoms with Crippen molar-refractivity contribution in [2.45, 2.75) is 13.3 Å². The van der Waals surface area contributed by atoms with Gasteiger partial charge in [-0.05, 0) is 18.6 Å². The molecule has 2 N–H and O–H groups in total. The molecule has 0 bridgehead atoms. The molecule has 0 fully saturated rings. The Morgan fingerprint density at radius 3 is 2.73 bits per heavy atom. The Morgan fingerprint density at radius 1 is 1.47 bits per heavy atom. The maximum atomic E-state index is 11.4. The molecule has 0 aliphatic heterocycles. The first kappa shape index (κ1) is 11.2. The average Bonchev–Trinajstić information content (AvgIpc) is 2.18. The fourth-order valence-corrected chi connectivity index (χ4v) is 0.976. The topological polar surface area (TPSA) is 79.3 Å². The number of carboxylic acid groups (broad SMARTS) is 1. The number of carbonyl (C=O) groups excluding carboxylic acids is 1. The Morgan fingerprint density at radius 2 is 2.20 bits per heavy atom. The molecule has 0 saturated carbocycles. The molecule has 1 rings (SSSR count). The minimum absolute atomic E-state index is 0.0857. The van der Waals surface area contributed by atoms with Crippen LogP contribution in [0.4, 0.5) is 0 Å². The molecule has 0 unspecified atom stereocenters. The Kier molecular flexibility index (Phi) is 3.79. The van der Waals surface area contributed by atoms with Gasteiger partial charge in [-0.15, -0.1) is 0 Å². The molecule has 1 aromatic rings. The molecule has 0 aliphatic carbocycles. The third-order valence-electron chi connectivity index (χ3n) is 1.77. The molecule has 15 heavy (non-hydrogen) atoms. The molecule has 0 spiro atoms. The largest absolute Gasteiger partial charge is 0.481 e. The van der Waals surface area contributed by atoms with Gasteiger partial charge in [-0.1, -0.05) is 6.07 Å². The fraction of sp³-hybridized carbons (Fsp3) is 0.300. The Hall–Kier alpha value is -1.91. The van der Waals surface area contributed by atoms with E-state index in [9.17, 15) is 9.59 Å². The minimum Gasteiger partial charge on any atom is -0.481 e. The van der Waals surface area contributed by atoms with E-state index in [1.165, 1.54) is 0 Å². The lowest BCUT2D eigenvalue weighted by molar-refractivity contribution is -0.136. The van der Waals surface area contributed by atoms with Gasteiger partial charge in [0.15, 0.2) is 0 Å². The third-order valence-corrected chi connectivity index (χ3v) is 1.77. The van der Waals surface area contributed by atoms with Crippen molar-refractivity contribution in [3.8, 4) is 0 Å². The van der Waals surface area contributed by atoms with Crippen molar-refractivity contribution in [1.82, 2.24) is 10.3 Å². The zero-order chi connectivity index (χ0) is 11.3. The van der Waals surface area contributed by atoms with Crippen LogP contribution in [0.15, 0.2) is 18.3 Å². The van der Waals surface area contributed by atoms with Gasteiger partial charge in [0.2, 0.25) is 0 Å². The maximum absolute atomic E-state index is 11.4. The van der Waals surface area contributed by atoms with Gasteiger partial charge in [0.05, 0.1) is 6.42 Å². The molecular weight excluding hydrogens is 196 g/mol. The highest BCUT2D eigenvalue weighted by atomic mass is 16.4. The van der Waals surface area contributed by atoms with Crippen LogP contribution < -0.4 is 5.32 Å². The second kappa shape index (κ2) is 5.09. The zero-order valence-corrected chi connectivity index (χ0v) is 8.36. The van der Waals surface area contributed by atoms with Gasteiger partial charge in [-0.2, -0.15) is 0 Å². The molecule has 5 heteroatoms. The number of carboxylic acids is 1. The highest BCUT2D eigenvalue weighted by molar-refractivity contribution is 5.92. The fourth-order valence-electron chi connectivity index (χ4n) is 0.976. The van der Waals surface area contributed by atoms with Gasteiger partial charge >= 0.3 is 5.97 Å². The number of aromatic nitrogens is 1. The van der Waals surface area contributed by atoms with Crippen LogP contribution >= 0.6 is 0 Å². The molecule has 0 aliphatic rings. The Bertz CT molecular complexity index is 359. The van der Waals surface area contributed by atoms with Crippen LogP contribution in [0, 0.1) is 6.92 Å². The van der Waals surface area contributed by atoms with Crippen molar-refractivity contribution in [2.24, 2.45) is 0 Å². The summed E-state index contributed by atoms with van der Waals surface area (Å²) in [5, 5.41) is 10.8. The van der Waals surface area contributed by atoms with Crippen molar-refractivity contribution in [3.63, 3.8) is 0 Å². The number of nitrogens with one attached hydrogen (secondary N) is 1. The molecule has 80 valence electrons. The number of amides is 1. The molecule has 1 amide bonds. The summed E-state index contributed by atoms with van der Waals surface area (Å²) in [6, 6.07) is 3.38. The molecule has 1 aromatic heterocycles. The Labute approximate surface area is 87.1 Å². The number of aryl methyl sites for hydroxylation is 1. The van der Waals surface area contributed by atoms with E-state index in [0.717, 1.165) is 5.56 Å². The molecule has 0 radical (unpaired) electrons. The highest BCUT2D eigenvalue weighted by Gasteiger charge is 2.06. The standard InChI is InChI=1S/C10H12N2O3/c1-7-2-3-8(12-6-7)10(15)11-5-4-9(13)14/h2-3,6H,4-5H2,1H3,(H,11,15)(H,13,14). The first-order valence-corrected chi connectivity index (χ1v) is 4.52. The van der Waals surface area contributed by atoms with E-state index < -0.39 is 5.97 Å². The summed E-state index contributed by atoms with van der Waals surface area (Å²) >= 11 is 0. The van der Waals surface area contributed by atoms with Crippen LogP contribution in [0.1, 0.15) is 22.5 Å². The van der Waals surface area contributed by atoms with Crippen molar-refractivity contribution in [3.05, 3.63) is 29.6 Å². The van der Waals surface area contributed by atoms with Crippen LogP contribution in [0.5, 0.6) is 0 Å². The molecule has 0 saturated heterocycles. The number of hydrogen-bond acceptors (Lipinski definition) is 3. The number of rotatable bonds is 4. The van der Waals surface area contributed by atoms with E-state index in [-0.39, 0.29) is 18.9 Å². The van der Waals surface area contributed by atoms with Gasteiger partial charge in [-0.25, -0.2) is 0 Å². The maximum Gasteiger partial charge on any atom is 0.305 e. The normalized spacial score (nSPS) is 9.67. The lowest BCUT2D eigenvalue weighted by atomic mass is 10.2. The summed E-state index contributed by atoms with van der Waals surface area (Å²) < 4.78 is 0. The predicted octanol–water partition coefficient (Wildman–Crippen LogP) is 0.595. The van der Waals surface area contributed by atoms with Crippen LogP contribution in [0.25, 0.3) is 0 Å². The van der Waals surface area contributed by atoms with E-state index in [0.29, 0.717) is 5.69 Å². The predicted molar refractivity (Wildman–Crippen MR) is 53.6 cm³/mol. The van der Waals surface area contributed by atoms with Gasteiger partial charge in [0, 0.05) is 12.7 Å².